The van der Waals surface area contributed by atoms with E-state index in [1.807, 2.05) is 6.07 Å². The fraction of sp³-hybridized carbons (Fsp3) is 0.333. The molecule has 1 aliphatic heterocycles. The number of hydrogen-bond donors (Lipinski definition) is 2. The van der Waals surface area contributed by atoms with Crippen LogP contribution in [0.25, 0.3) is 10.9 Å². The number of H-pyrrole nitrogens is 1. The van der Waals surface area contributed by atoms with Gasteiger partial charge in [-0.05, 0) is 55.1 Å². The van der Waals surface area contributed by atoms with Gasteiger partial charge in [0.15, 0.2) is 11.5 Å². The summed E-state index contributed by atoms with van der Waals surface area (Å²) in [6.45, 7) is 1.03. The van der Waals surface area contributed by atoms with Gasteiger partial charge in [-0.15, -0.1) is 0 Å². The van der Waals surface area contributed by atoms with Crippen LogP contribution in [0.5, 0.6) is 11.5 Å². The van der Waals surface area contributed by atoms with Gasteiger partial charge in [0.05, 0.1) is 14.2 Å². The predicted octanol–water partition coefficient (Wildman–Crippen LogP) is 4.00. The monoisotopic (exact) mass is 336 g/mol. The van der Waals surface area contributed by atoms with Crippen LogP contribution in [0.15, 0.2) is 42.5 Å². The molecule has 2 heterocycles. The fourth-order valence-electron chi connectivity index (χ4n) is 3.85. The van der Waals surface area contributed by atoms with Crippen LogP contribution in [-0.4, -0.2) is 25.7 Å². The Morgan fingerprint density at radius 3 is 2.72 bits per heavy atom. The molecule has 3 aromatic rings. The first kappa shape index (κ1) is 16.0. The van der Waals surface area contributed by atoms with Gasteiger partial charge in [0.25, 0.3) is 0 Å². The summed E-state index contributed by atoms with van der Waals surface area (Å²) < 4.78 is 10.7. The summed E-state index contributed by atoms with van der Waals surface area (Å²) in [5.74, 6) is 1.57. The van der Waals surface area contributed by atoms with Gasteiger partial charge in [0.2, 0.25) is 0 Å². The number of para-hydroxylation sites is 1. The summed E-state index contributed by atoms with van der Waals surface area (Å²) >= 11 is 0. The van der Waals surface area contributed by atoms with E-state index in [-0.39, 0.29) is 0 Å². The molecule has 0 saturated carbocycles. The molecule has 25 heavy (non-hydrogen) atoms. The summed E-state index contributed by atoms with van der Waals surface area (Å²) in [5, 5.41) is 5.04. The van der Waals surface area contributed by atoms with E-state index in [9.17, 15) is 0 Å². The smallest absolute Gasteiger partial charge is 0.160 e. The molecule has 0 aliphatic carbocycles. The van der Waals surface area contributed by atoms with E-state index in [0.29, 0.717) is 6.04 Å². The number of aromatic nitrogens is 1. The van der Waals surface area contributed by atoms with Crippen LogP contribution in [0.3, 0.4) is 0 Å². The van der Waals surface area contributed by atoms with Gasteiger partial charge in [-0.3, -0.25) is 0 Å². The maximum Gasteiger partial charge on any atom is 0.160 e. The molecule has 4 nitrogen and oxygen atoms in total. The Morgan fingerprint density at radius 1 is 1.04 bits per heavy atom. The minimum absolute atomic E-state index is 0.365. The molecular formula is C21H24N2O2. The zero-order valence-electron chi connectivity index (χ0n) is 14.8. The number of aryl methyl sites for hydroxylation is 1. The summed E-state index contributed by atoms with van der Waals surface area (Å²) in [5.41, 5.74) is 5.34. The van der Waals surface area contributed by atoms with Crippen LogP contribution >= 0.6 is 0 Å². The maximum absolute atomic E-state index is 5.42. The number of fused-ring (bicyclic) bond motifs is 3. The van der Waals surface area contributed by atoms with E-state index in [1.54, 1.807) is 14.2 Å². The third-order valence-electron chi connectivity index (χ3n) is 5.13. The summed E-state index contributed by atoms with van der Waals surface area (Å²) in [6, 6.07) is 15.2. The minimum Gasteiger partial charge on any atom is -0.493 e. The highest BCUT2D eigenvalue weighted by Gasteiger charge is 2.23. The Labute approximate surface area is 148 Å². The zero-order chi connectivity index (χ0) is 17.2. The van der Waals surface area contributed by atoms with E-state index in [4.69, 9.17) is 9.47 Å². The summed E-state index contributed by atoms with van der Waals surface area (Å²) in [6.07, 6.45) is 3.13. The summed E-state index contributed by atoms with van der Waals surface area (Å²) in [7, 11) is 3.35. The van der Waals surface area contributed by atoms with Crippen LogP contribution in [0.2, 0.25) is 0 Å². The van der Waals surface area contributed by atoms with Crippen LogP contribution < -0.4 is 14.8 Å². The highest BCUT2D eigenvalue weighted by molar-refractivity contribution is 5.85. The largest absolute Gasteiger partial charge is 0.493 e. The highest BCUT2D eigenvalue weighted by Crippen LogP contribution is 2.33. The van der Waals surface area contributed by atoms with Gasteiger partial charge in [-0.25, -0.2) is 0 Å². The number of rotatable bonds is 5. The van der Waals surface area contributed by atoms with Crippen molar-refractivity contribution in [3.05, 3.63) is 59.3 Å². The number of methoxy groups -OCH3 is 2. The standard InChI is InChI=1S/C21H24N2O2/c1-24-19-10-8-14(13-20(19)25-2)7-9-18-21-16(11-12-22-18)15-5-3-4-6-17(15)23-21/h3-6,8,10,13,18,22-23H,7,9,11-12H2,1-2H3/t18-/m0/s1. The molecule has 0 radical (unpaired) electrons. The first-order valence-corrected chi connectivity index (χ1v) is 8.84. The topological polar surface area (TPSA) is 46.3 Å². The van der Waals surface area contributed by atoms with Crippen LogP contribution in [-0.2, 0) is 12.8 Å². The average molecular weight is 336 g/mol. The van der Waals surface area contributed by atoms with E-state index in [0.717, 1.165) is 37.3 Å². The second kappa shape index (κ2) is 6.81. The molecule has 1 atom stereocenters. The van der Waals surface area contributed by atoms with Gasteiger partial charge in [-0.2, -0.15) is 0 Å². The molecule has 0 spiro atoms. The molecule has 2 aromatic carbocycles. The van der Waals surface area contributed by atoms with E-state index in [1.165, 1.54) is 27.7 Å². The van der Waals surface area contributed by atoms with Crippen LogP contribution in [0, 0.1) is 0 Å². The lowest BCUT2D eigenvalue weighted by atomic mass is 9.95. The molecule has 0 amide bonds. The van der Waals surface area contributed by atoms with Crippen molar-refractivity contribution in [2.24, 2.45) is 0 Å². The molecule has 4 rings (SSSR count). The van der Waals surface area contributed by atoms with Crippen LogP contribution in [0.4, 0.5) is 0 Å². The first-order chi connectivity index (χ1) is 12.3. The number of ether oxygens (including phenoxy) is 2. The minimum atomic E-state index is 0.365. The van der Waals surface area contributed by atoms with Crippen molar-refractivity contribution in [2.75, 3.05) is 20.8 Å². The number of nitrogens with one attached hydrogen (secondary N) is 2. The third-order valence-corrected chi connectivity index (χ3v) is 5.13. The van der Waals surface area contributed by atoms with Crippen molar-refractivity contribution >= 4 is 10.9 Å². The number of hydrogen-bond acceptors (Lipinski definition) is 3. The Morgan fingerprint density at radius 2 is 1.88 bits per heavy atom. The Kier molecular flexibility index (Phi) is 4.36. The highest BCUT2D eigenvalue weighted by atomic mass is 16.5. The molecule has 1 aromatic heterocycles. The predicted molar refractivity (Wildman–Crippen MR) is 101 cm³/mol. The number of aromatic amines is 1. The lowest BCUT2D eigenvalue weighted by Gasteiger charge is -2.24. The van der Waals surface area contributed by atoms with Gasteiger partial charge >= 0.3 is 0 Å². The van der Waals surface area contributed by atoms with Gasteiger partial charge in [-0.1, -0.05) is 24.3 Å². The van der Waals surface area contributed by atoms with Gasteiger partial charge in [0.1, 0.15) is 0 Å². The van der Waals surface area contributed by atoms with Crippen LogP contribution in [0.1, 0.15) is 29.3 Å². The summed E-state index contributed by atoms with van der Waals surface area (Å²) in [4.78, 5) is 3.64. The lowest BCUT2D eigenvalue weighted by molar-refractivity contribution is 0.354. The molecule has 2 N–H and O–H groups in total. The van der Waals surface area contributed by atoms with E-state index < -0.39 is 0 Å². The van der Waals surface area contributed by atoms with Crippen molar-refractivity contribution in [1.29, 1.82) is 0 Å². The van der Waals surface area contributed by atoms with Crippen molar-refractivity contribution in [1.82, 2.24) is 10.3 Å². The Bertz CT molecular complexity index is 885. The quantitative estimate of drug-likeness (QED) is 0.740. The first-order valence-electron chi connectivity index (χ1n) is 8.84. The van der Waals surface area contributed by atoms with Gasteiger partial charge in [0, 0.05) is 22.6 Å². The molecule has 0 bridgehead atoms. The van der Waals surface area contributed by atoms with Crippen molar-refractivity contribution < 1.29 is 9.47 Å². The SMILES string of the molecule is COc1ccc(CC[C@@H]2NCCc3c2[nH]c2ccccc32)cc1OC. The lowest BCUT2D eigenvalue weighted by Crippen LogP contribution is -2.30. The maximum atomic E-state index is 5.42. The second-order valence-electron chi connectivity index (χ2n) is 6.55. The Balaban J connectivity index is 1.55. The van der Waals surface area contributed by atoms with E-state index >= 15 is 0 Å². The normalized spacial score (nSPS) is 16.6. The number of benzene rings is 2. The van der Waals surface area contributed by atoms with Crippen molar-refractivity contribution in [3.63, 3.8) is 0 Å². The molecule has 4 heteroatoms. The zero-order valence-corrected chi connectivity index (χ0v) is 14.8. The molecule has 0 fully saturated rings. The van der Waals surface area contributed by atoms with Gasteiger partial charge < -0.3 is 19.8 Å². The molecule has 0 saturated heterocycles. The van der Waals surface area contributed by atoms with Crippen molar-refractivity contribution in [2.45, 2.75) is 25.3 Å². The second-order valence-corrected chi connectivity index (χ2v) is 6.55. The molecular weight excluding hydrogens is 312 g/mol. The Hall–Kier alpha value is -2.46. The molecule has 130 valence electrons. The van der Waals surface area contributed by atoms with Crippen molar-refractivity contribution in [3.8, 4) is 11.5 Å². The third kappa shape index (κ3) is 2.98. The van der Waals surface area contributed by atoms with E-state index in [2.05, 4.69) is 46.7 Å². The average Bonchev–Trinajstić information content (AvgIpc) is 3.05. The molecule has 1 aliphatic rings. The molecule has 0 unspecified atom stereocenters. The fourth-order valence-corrected chi connectivity index (χ4v) is 3.85.